The van der Waals surface area contributed by atoms with Crippen LogP contribution in [0.2, 0.25) is 0 Å². The molecule has 11 amide bonds. The Kier molecular flexibility index (Phi) is 29.2. The van der Waals surface area contributed by atoms with Gasteiger partial charge in [0.15, 0.2) is 11.6 Å². The van der Waals surface area contributed by atoms with E-state index in [0.717, 1.165) is 51.4 Å². The Hall–Kier alpha value is -6.66. The molecule has 1 saturated heterocycles. The monoisotopic (exact) mass is 1250 g/mol. The van der Waals surface area contributed by atoms with E-state index in [1.165, 1.54) is 66.6 Å². The summed E-state index contributed by atoms with van der Waals surface area (Å²) in [6.45, 7) is 27.6. The molecule has 0 spiro atoms. The lowest BCUT2D eigenvalue weighted by Crippen LogP contribution is -2.66. The van der Waals surface area contributed by atoms with Gasteiger partial charge in [-0.3, -0.25) is 52.7 Å². The number of hydrogen-bond donors (Lipinski definition) is 10. The van der Waals surface area contributed by atoms with Crippen molar-refractivity contribution in [2.24, 2.45) is 17.8 Å². The van der Waals surface area contributed by atoms with Crippen LogP contribution in [0, 0.1) is 24.7 Å². The van der Waals surface area contributed by atoms with Crippen LogP contribution in [0.15, 0.2) is 10.7 Å². The van der Waals surface area contributed by atoms with Crippen molar-refractivity contribution >= 4 is 65.0 Å². The molecule has 1 aliphatic carbocycles. The highest BCUT2D eigenvalue weighted by atomic mass is 16.3. The van der Waals surface area contributed by atoms with E-state index in [1.54, 1.807) is 6.92 Å². The first-order valence-electron chi connectivity index (χ1n) is 32.2. The number of oxazole rings is 1. The van der Waals surface area contributed by atoms with Crippen LogP contribution < -0.4 is 53.2 Å². The van der Waals surface area contributed by atoms with Gasteiger partial charge in [-0.1, -0.05) is 87.0 Å². The van der Waals surface area contributed by atoms with E-state index < -0.39 is 111 Å². The van der Waals surface area contributed by atoms with Crippen molar-refractivity contribution < 1.29 is 57.2 Å². The van der Waals surface area contributed by atoms with Crippen molar-refractivity contribution in [2.75, 3.05) is 33.7 Å². The minimum absolute atomic E-state index is 0.0387. The molecular weight excluding hydrogens is 1140 g/mol. The highest BCUT2D eigenvalue weighted by molar-refractivity contribution is 6.01. The Morgan fingerprint density at radius 3 is 1.54 bits per heavy atom. The SMILES string of the molecule is CCCCCCCCC(NC(=O)[C@@H]1CCCN1C(=O)c1coc(C)n1)C(=O)NC(CC(C)C)C(=O)NC(C)(C)C(=O)NC(C)(C)C(=O)NC(CC(C)C)C(=O)NC(CC(C)C)C(=O)NC(C)(C)C(=O)NC(C)(C)C(=O)NCCC(=O)NC1(CN(C)C)CCC1. The zero-order chi connectivity index (χ0) is 67.4. The number of carbonyl (C=O) groups excluding carboxylic acids is 11. The number of aromatic nitrogens is 1. The number of nitrogens with zero attached hydrogens (tertiary/aromatic N) is 3. The molecule has 1 aromatic heterocycles. The number of likely N-dealkylation sites (tertiary alicyclic amines) is 1. The first kappa shape index (κ1) is 76.6. The number of aryl methyl sites for hydroxylation is 1. The zero-order valence-electron chi connectivity index (χ0n) is 56.9. The molecule has 3 rings (SSSR count). The third-order valence-electron chi connectivity index (χ3n) is 16.1. The van der Waals surface area contributed by atoms with Crippen LogP contribution in [0.4, 0.5) is 0 Å². The lowest BCUT2D eigenvalue weighted by atomic mass is 9.76. The van der Waals surface area contributed by atoms with Gasteiger partial charge in [0.1, 0.15) is 58.6 Å². The second-order valence-corrected chi connectivity index (χ2v) is 28.4. The van der Waals surface area contributed by atoms with Crippen LogP contribution in [0.3, 0.4) is 0 Å². The van der Waals surface area contributed by atoms with Crippen LogP contribution in [-0.4, -0.2) is 171 Å². The molecule has 2 heterocycles. The van der Waals surface area contributed by atoms with Crippen molar-refractivity contribution in [3.05, 3.63) is 17.8 Å². The fourth-order valence-corrected chi connectivity index (χ4v) is 10.8. The average molecular weight is 1250 g/mol. The molecule has 10 N–H and O–H groups in total. The van der Waals surface area contributed by atoms with Crippen molar-refractivity contribution in [1.82, 2.24) is 68.0 Å². The molecule has 0 bridgehead atoms. The fourth-order valence-electron chi connectivity index (χ4n) is 10.8. The van der Waals surface area contributed by atoms with Crippen molar-refractivity contribution in [3.63, 3.8) is 0 Å². The maximum Gasteiger partial charge on any atom is 0.276 e. The van der Waals surface area contributed by atoms with Crippen LogP contribution in [0.1, 0.15) is 223 Å². The number of unbranched alkanes of at least 4 members (excludes halogenated alkanes) is 5. The minimum Gasteiger partial charge on any atom is -0.448 e. The standard InChI is InChI=1S/C64H111N13O12/c1-19-20-21-22-23-24-27-43(67-54(83)48-28-25-33-77(48)55(84)47-37-89-42(8)66-47)50(79)68-45(35-40(4)5)52(81)72-63(15,16)59(88)75-61(11,12)57(86)70-44(34-39(2)3)51(80)69-46(36-41(6)7)53(82)73-62(13,14)58(87)74-60(9,10)56(85)65-32-29-49(78)71-64(30-26-31-64)38-76(17)18/h37,39-41,43-46,48H,19-36,38H2,1-18H3,(H,65,85)(H,67,83)(H,68,79)(H,69,80)(H,70,86)(H,71,78)(H,72,81)(H,73,82)(H,74,87)(H,75,88)/t43?,44?,45?,46?,48-/m0/s1. The first-order chi connectivity index (χ1) is 41.2. The lowest BCUT2D eigenvalue weighted by Gasteiger charge is -2.44. The number of likely N-dealkylation sites (N-methyl/N-ethyl adjacent to an activating group) is 1. The summed E-state index contributed by atoms with van der Waals surface area (Å²) in [6, 6.07) is -5.45. The topological polar surface area (TPSA) is 341 Å². The second kappa shape index (κ2) is 34.0. The Labute approximate surface area is 528 Å². The van der Waals surface area contributed by atoms with Crippen LogP contribution in [-0.2, 0) is 47.9 Å². The van der Waals surface area contributed by atoms with Crippen LogP contribution in [0.5, 0.6) is 0 Å². The van der Waals surface area contributed by atoms with E-state index in [1.807, 2.05) is 60.5 Å². The number of rotatable bonds is 37. The quantitative estimate of drug-likeness (QED) is 0.0420. The fraction of sp³-hybridized carbons (Fsp3) is 0.781. The molecule has 89 heavy (non-hydrogen) atoms. The Morgan fingerprint density at radius 1 is 0.607 bits per heavy atom. The van der Waals surface area contributed by atoms with Gasteiger partial charge < -0.3 is 67.4 Å². The molecular formula is C64H111N13O12. The van der Waals surface area contributed by atoms with E-state index in [9.17, 15) is 52.7 Å². The van der Waals surface area contributed by atoms with E-state index >= 15 is 0 Å². The first-order valence-corrected chi connectivity index (χ1v) is 32.2. The molecule has 0 aromatic carbocycles. The highest BCUT2D eigenvalue weighted by Crippen LogP contribution is 2.32. The Morgan fingerprint density at radius 2 is 1.08 bits per heavy atom. The van der Waals surface area contributed by atoms with Gasteiger partial charge in [-0.15, -0.1) is 0 Å². The van der Waals surface area contributed by atoms with Gasteiger partial charge in [-0.2, -0.15) is 0 Å². The zero-order valence-corrected chi connectivity index (χ0v) is 56.9. The van der Waals surface area contributed by atoms with E-state index in [4.69, 9.17) is 4.42 Å². The summed E-state index contributed by atoms with van der Waals surface area (Å²) in [5.74, 6) is -6.67. The molecule has 0 radical (unpaired) electrons. The van der Waals surface area contributed by atoms with Crippen molar-refractivity contribution in [3.8, 4) is 0 Å². The van der Waals surface area contributed by atoms with E-state index in [2.05, 4.69) is 65.1 Å². The number of carbonyl (C=O) groups is 11. The third kappa shape index (κ3) is 24.6. The number of nitrogens with one attached hydrogen (secondary N) is 10. The Balaban J connectivity index is 1.70. The van der Waals surface area contributed by atoms with Crippen LogP contribution >= 0.6 is 0 Å². The van der Waals surface area contributed by atoms with Gasteiger partial charge in [-0.25, -0.2) is 4.98 Å². The predicted molar refractivity (Wildman–Crippen MR) is 339 cm³/mol. The molecule has 25 heteroatoms. The van der Waals surface area contributed by atoms with Crippen molar-refractivity contribution in [1.29, 1.82) is 0 Å². The molecule has 1 aliphatic heterocycles. The summed E-state index contributed by atoms with van der Waals surface area (Å²) in [5.41, 5.74) is -6.62. The second-order valence-electron chi connectivity index (χ2n) is 28.4. The smallest absolute Gasteiger partial charge is 0.276 e. The van der Waals surface area contributed by atoms with Gasteiger partial charge in [0, 0.05) is 33.0 Å². The van der Waals surface area contributed by atoms with Gasteiger partial charge in [0.05, 0.1) is 5.54 Å². The molecule has 504 valence electrons. The lowest BCUT2D eigenvalue weighted by molar-refractivity contribution is -0.140. The summed E-state index contributed by atoms with van der Waals surface area (Å²) in [7, 11) is 3.90. The molecule has 25 nitrogen and oxygen atoms in total. The number of amides is 11. The molecule has 1 saturated carbocycles. The summed E-state index contributed by atoms with van der Waals surface area (Å²) < 4.78 is 5.25. The normalized spacial score (nSPS) is 16.5. The predicted octanol–water partition coefficient (Wildman–Crippen LogP) is 4.10. The van der Waals surface area contributed by atoms with Gasteiger partial charge in [0.25, 0.3) is 5.91 Å². The maximum atomic E-state index is 14.3. The molecule has 4 unspecified atom stereocenters. The molecule has 1 aromatic rings. The maximum absolute atomic E-state index is 14.3. The van der Waals surface area contributed by atoms with Crippen molar-refractivity contribution in [2.45, 2.75) is 271 Å². The van der Waals surface area contributed by atoms with Gasteiger partial charge >= 0.3 is 0 Å². The van der Waals surface area contributed by atoms with E-state index in [-0.39, 0.29) is 73.5 Å². The summed E-state index contributed by atoms with van der Waals surface area (Å²) in [4.78, 5) is 160. The van der Waals surface area contributed by atoms with Gasteiger partial charge in [0.2, 0.25) is 59.1 Å². The summed E-state index contributed by atoms with van der Waals surface area (Å²) in [5, 5.41) is 28.0. The average Bonchev–Trinajstić information content (AvgIpc) is 2.28. The molecule has 2 fully saturated rings. The molecule has 5 atom stereocenters. The molecule has 2 aliphatic rings. The Bertz CT molecular complexity index is 2610. The highest BCUT2D eigenvalue weighted by Gasteiger charge is 2.44. The van der Waals surface area contributed by atoms with Crippen LogP contribution in [0.25, 0.3) is 0 Å². The van der Waals surface area contributed by atoms with Gasteiger partial charge in [-0.05, 0) is 145 Å². The van der Waals surface area contributed by atoms with E-state index in [0.29, 0.717) is 38.2 Å². The number of hydrogen-bond acceptors (Lipinski definition) is 14. The summed E-state index contributed by atoms with van der Waals surface area (Å²) in [6.07, 6.45) is 11.2. The minimum atomic E-state index is -1.69. The summed E-state index contributed by atoms with van der Waals surface area (Å²) >= 11 is 0. The third-order valence-corrected chi connectivity index (χ3v) is 16.1. The largest absolute Gasteiger partial charge is 0.448 e.